The van der Waals surface area contributed by atoms with Crippen molar-refractivity contribution in [1.29, 1.82) is 0 Å². The highest BCUT2D eigenvalue weighted by Gasteiger charge is 2.36. The lowest BCUT2D eigenvalue weighted by Crippen LogP contribution is -2.37. The van der Waals surface area contributed by atoms with E-state index in [2.05, 4.69) is 18.9 Å². The molecule has 0 aliphatic heterocycles. The number of nitrogens with zero attached hydrogens (tertiary/aromatic N) is 2. The molecule has 1 aromatic heterocycles. The molecule has 1 fully saturated rings. The van der Waals surface area contributed by atoms with E-state index in [1.54, 1.807) is 0 Å². The third-order valence-electron chi connectivity index (χ3n) is 4.54. The summed E-state index contributed by atoms with van der Waals surface area (Å²) in [5.74, 6) is 0.461. The summed E-state index contributed by atoms with van der Waals surface area (Å²) in [6.07, 6.45) is 10.6. The van der Waals surface area contributed by atoms with E-state index in [9.17, 15) is 5.11 Å². The first-order chi connectivity index (χ1) is 8.49. The van der Waals surface area contributed by atoms with Gasteiger partial charge in [-0.1, -0.05) is 26.7 Å². The van der Waals surface area contributed by atoms with Crippen molar-refractivity contribution in [2.45, 2.75) is 58.5 Å². The highest BCUT2D eigenvalue weighted by Crippen LogP contribution is 2.43. The number of hydrogen-bond acceptors (Lipinski definition) is 2. The van der Waals surface area contributed by atoms with Gasteiger partial charge in [0.05, 0.1) is 12.3 Å². The van der Waals surface area contributed by atoms with Crippen LogP contribution in [0.15, 0.2) is 12.4 Å². The van der Waals surface area contributed by atoms with Gasteiger partial charge in [0.2, 0.25) is 0 Å². The summed E-state index contributed by atoms with van der Waals surface area (Å²) >= 11 is 0. The van der Waals surface area contributed by atoms with Gasteiger partial charge in [0, 0.05) is 13.2 Å². The standard InChI is InChI=1S/C15H26N2O/c1-15(2)9-5-4-6-13(15)14(18)8-7-12-10-16-17(3)11-12/h10-11,13-14,18H,4-9H2,1-3H3. The van der Waals surface area contributed by atoms with Crippen LogP contribution in [0.25, 0.3) is 0 Å². The van der Waals surface area contributed by atoms with Crippen LogP contribution in [-0.4, -0.2) is 21.0 Å². The molecule has 18 heavy (non-hydrogen) atoms. The number of aliphatic hydroxyl groups excluding tert-OH is 1. The van der Waals surface area contributed by atoms with Crippen LogP contribution >= 0.6 is 0 Å². The SMILES string of the molecule is Cn1cc(CCC(O)C2CCCCC2(C)C)cn1. The maximum absolute atomic E-state index is 10.5. The van der Waals surface area contributed by atoms with E-state index < -0.39 is 0 Å². The number of aliphatic hydroxyl groups is 1. The van der Waals surface area contributed by atoms with Gasteiger partial charge in [-0.05, 0) is 42.6 Å². The Morgan fingerprint density at radius 2 is 2.28 bits per heavy atom. The monoisotopic (exact) mass is 250 g/mol. The lowest BCUT2D eigenvalue weighted by atomic mass is 9.66. The summed E-state index contributed by atoms with van der Waals surface area (Å²) in [4.78, 5) is 0. The van der Waals surface area contributed by atoms with E-state index in [0.29, 0.717) is 11.3 Å². The predicted octanol–water partition coefficient (Wildman–Crippen LogP) is 2.93. The zero-order chi connectivity index (χ0) is 13.2. The quantitative estimate of drug-likeness (QED) is 0.892. The highest BCUT2D eigenvalue weighted by molar-refractivity contribution is 5.04. The minimum atomic E-state index is -0.166. The number of hydrogen-bond donors (Lipinski definition) is 1. The molecule has 0 bridgehead atoms. The first-order valence-corrected chi connectivity index (χ1v) is 7.14. The lowest BCUT2D eigenvalue weighted by Gasteiger charge is -2.41. The molecule has 1 saturated carbocycles. The molecule has 2 rings (SSSR count). The minimum absolute atomic E-state index is 0.166. The van der Waals surface area contributed by atoms with E-state index in [1.165, 1.54) is 31.2 Å². The summed E-state index contributed by atoms with van der Waals surface area (Å²) in [6.45, 7) is 4.62. The third kappa shape index (κ3) is 3.14. The van der Waals surface area contributed by atoms with Gasteiger partial charge in [0.25, 0.3) is 0 Å². The summed E-state index contributed by atoms with van der Waals surface area (Å²) in [5.41, 5.74) is 1.53. The summed E-state index contributed by atoms with van der Waals surface area (Å²) in [6, 6.07) is 0. The first kappa shape index (κ1) is 13.6. The van der Waals surface area contributed by atoms with Crippen molar-refractivity contribution in [2.75, 3.05) is 0 Å². The highest BCUT2D eigenvalue weighted by atomic mass is 16.3. The number of aromatic nitrogens is 2. The Balaban J connectivity index is 1.89. The van der Waals surface area contributed by atoms with Gasteiger partial charge in [-0.25, -0.2) is 0 Å². The second-order valence-corrected chi connectivity index (χ2v) is 6.47. The fourth-order valence-corrected chi connectivity index (χ4v) is 3.35. The second-order valence-electron chi connectivity index (χ2n) is 6.47. The Kier molecular flexibility index (Phi) is 4.10. The van der Waals surface area contributed by atoms with Crippen LogP contribution in [0.4, 0.5) is 0 Å². The largest absolute Gasteiger partial charge is 0.393 e. The number of aryl methyl sites for hydroxylation is 2. The number of rotatable bonds is 4. The Bertz CT molecular complexity index is 384. The zero-order valence-electron chi connectivity index (χ0n) is 11.9. The molecule has 1 N–H and O–H groups in total. The van der Waals surface area contributed by atoms with Crippen molar-refractivity contribution >= 4 is 0 Å². The van der Waals surface area contributed by atoms with E-state index in [-0.39, 0.29) is 6.10 Å². The van der Waals surface area contributed by atoms with Crippen LogP contribution in [-0.2, 0) is 13.5 Å². The molecule has 0 aromatic carbocycles. The van der Waals surface area contributed by atoms with Crippen molar-refractivity contribution in [3.05, 3.63) is 18.0 Å². The maximum Gasteiger partial charge on any atom is 0.0576 e. The van der Waals surface area contributed by atoms with Gasteiger partial charge >= 0.3 is 0 Å². The average molecular weight is 250 g/mol. The van der Waals surface area contributed by atoms with Crippen molar-refractivity contribution in [2.24, 2.45) is 18.4 Å². The van der Waals surface area contributed by atoms with Crippen molar-refractivity contribution < 1.29 is 5.11 Å². The molecule has 0 saturated heterocycles. The molecule has 0 spiro atoms. The first-order valence-electron chi connectivity index (χ1n) is 7.14. The normalized spacial score (nSPS) is 25.0. The Morgan fingerprint density at radius 1 is 1.50 bits per heavy atom. The Labute approximate surface area is 110 Å². The maximum atomic E-state index is 10.5. The fraction of sp³-hybridized carbons (Fsp3) is 0.800. The molecule has 0 amide bonds. The van der Waals surface area contributed by atoms with Crippen LogP contribution in [0.2, 0.25) is 0 Å². The fourth-order valence-electron chi connectivity index (χ4n) is 3.35. The van der Waals surface area contributed by atoms with Crippen LogP contribution in [0, 0.1) is 11.3 Å². The van der Waals surface area contributed by atoms with Gasteiger partial charge < -0.3 is 5.11 Å². The van der Waals surface area contributed by atoms with Crippen LogP contribution in [0.1, 0.15) is 51.5 Å². The molecule has 1 heterocycles. The summed E-state index contributed by atoms with van der Waals surface area (Å²) in [7, 11) is 1.93. The summed E-state index contributed by atoms with van der Waals surface area (Å²) in [5, 5.41) is 14.6. The van der Waals surface area contributed by atoms with Gasteiger partial charge in [-0.2, -0.15) is 5.10 Å². The molecular formula is C15H26N2O. The topological polar surface area (TPSA) is 38.0 Å². The smallest absolute Gasteiger partial charge is 0.0576 e. The Hall–Kier alpha value is -0.830. The molecule has 1 aromatic rings. The van der Waals surface area contributed by atoms with Gasteiger partial charge in [-0.15, -0.1) is 0 Å². The van der Waals surface area contributed by atoms with E-state index in [0.717, 1.165) is 12.8 Å². The molecule has 0 radical (unpaired) electrons. The van der Waals surface area contributed by atoms with Gasteiger partial charge in [-0.3, -0.25) is 4.68 Å². The molecule has 102 valence electrons. The average Bonchev–Trinajstić information content (AvgIpc) is 2.71. The second kappa shape index (κ2) is 5.43. The minimum Gasteiger partial charge on any atom is -0.393 e. The Morgan fingerprint density at radius 3 is 2.89 bits per heavy atom. The van der Waals surface area contributed by atoms with Gasteiger partial charge in [0.15, 0.2) is 0 Å². The molecule has 1 aliphatic rings. The molecular weight excluding hydrogens is 224 g/mol. The van der Waals surface area contributed by atoms with Crippen LogP contribution in [0.5, 0.6) is 0 Å². The molecule has 3 heteroatoms. The molecule has 3 nitrogen and oxygen atoms in total. The van der Waals surface area contributed by atoms with E-state index in [4.69, 9.17) is 0 Å². The van der Waals surface area contributed by atoms with Crippen LogP contribution in [0.3, 0.4) is 0 Å². The van der Waals surface area contributed by atoms with Crippen molar-refractivity contribution in [1.82, 2.24) is 9.78 Å². The van der Waals surface area contributed by atoms with E-state index in [1.807, 2.05) is 24.1 Å². The molecule has 1 aliphatic carbocycles. The third-order valence-corrected chi connectivity index (χ3v) is 4.54. The predicted molar refractivity (Wildman–Crippen MR) is 73.3 cm³/mol. The molecule has 2 unspecified atom stereocenters. The van der Waals surface area contributed by atoms with Gasteiger partial charge in [0.1, 0.15) is 0 Å². The van der Waals surface area contributed by atoms with Crippen LogP contribution < -0.4 is 0 Å². The molecule has 2 atom stereocenters. The summed E-state index contributed by atoms with van der Waals surface area (Å²) < 4.78 is 1.83. The van der Waals surface area contributed by atoms with Crippen molar-refractivity contribution in [3.63, 3.8) is 0 Å². The zero-order valence-corrected chi connectivity index (χ0v) is 11.9. The van der Waals surface area contributed by atoms with E-state index >= 15 is 0 Å². The lowest BCUT2D eigenvalue weighted by molar-refractivity contribution is 0.00102. The van der Waals surface area contributed by atoms with Crippen molar-refractivity contribution in [3.8, 4) is 0 Å².